The molecule has 0 unspecified atom stereocenters. The first-order valence-electron chi connectivity index (χ1n) is 5.35. The van der Waals surface area contributed by atoms with Crippen LogP contribution in [0.25, 0.3) is 0 Å². The van der Waals surface area contributed by atoms with E-state index in [0.717, 1.165) is 12.1 Å². The summed E-state index contributed by atoms with van der Waals surface area (Å²) in [6.45, 7) is 3.19. The molecule has 0 radical (unpaired) electrons. The van der Waals surface area contributed by atoms with Crippen molar-refractivity contribution < 1.29 is 4.79 Å². The topological polar surface area (TPSA) is 46.3 Å². The maximum atomic E-state index is 11.7. The smallest absolute Gasteiger partial charge is 0.226 e. The van der Waals surface area contributed by atoms with Crippen LogP contribution in [0.15, 0.2) is 30.3 Å². The number of hydrogen-bond donors (Lipinski definition) is 1. The zero-order valence-electron chi connectivity index (χ0n) is 9.15. The summed E-state index contributed by atoms with van der Waals surface area (Å²) in [6, 6.07) is 9.72. The first kappa shape index (κ1) is 11.7. The number of benzene rings is 1. The minimum absolute atomic E-state index is 0.148. The molecule has 1 aromatic carbocycles. The van der Waals surface area contributed by atoms with Crippen molar-refractivity contribution in [3.8, 4) is 0 Å². The third-order valence-corrected chi connectivity index (χ3v) is 2.26. The summed E-state index contributed by atoms with van der Waals surface area (Å²) >= 11 is 0. The van der Waals surface area contributed by atoms with Gasteiger partial charge in [0, 0.05) is 18.7 Å². The van der Waals surface area contributed by atoms with Gasteiger partial charge in [0.2, 0.25) is 5.91 Å². The quantitative estimate of drug-likeness (QED) is 0.798. The van der Waals surface area contributed by atoms with Gasteiger partial charge in [0.05, 0.1) is 0 Å². The van der Waals surface area contributed by atoms with Gasteiger partial charge in [-0.25, -0.2) is 0 Å². The van der Waals surface area contributed by atoms with E-state index in [1.54, 1.807) is 4.90 Å². The van der Waals surface area contributed by atoms with E-state index in [1.165, 1.54) is 0 Å². The predicted molar refractivity (Wildman–Crippen MR) is 62.8 cm³/mol. The van der Waals surface area contributed by atoms with E-state index in [9.17, 15) is 4.79 Å². The number of para-hydroxylation sites is 1. The van der Waals surface area contributed by atoms with E-state index in [0.29, 0.717) is 19.5 Å². The zero-order valence-corrected chi connectivity index (χ0v) is 9.15. The van der Waals surface area contributed by atoms with Gasteiger partial charge in [-0.2, -0.15) is 0 Å². The highest BCUT2D eigenvalue weighted by Crippen LogP contribution is 2.14. The Morgan fingerprint density at radius 2 is 2.00 bits per heavy atom. The van der Waals surface area contributed by atoms with Crippen molar-refractivity contribution in [1.29, 1.82) is 0 Å². The van der Waals surface area contributed by atoms with Gasteiger partial charge in [-0.15, -0.1) is 0 Å². The molecular weight excluding hydrogens is 188 g/mol. The number of nitrogens with zero attached hydrogens (tertiary/aromatic N) is 1. The van der Waals surface area contributed by atoms with Crippen molar-refractivity contribution in [2.24, 2.45) is 5.73 Å². The Morgan fingerprint density at radius 1 is 1.33 bits per heavy atom. The average Bonchev–Trinajstić information content (AvgIpc) is 2.30. The highest BCUT2D eigenvalue weighted by Gasteiger charge is 2.12. The van der Waals surface area contributed by atoms with E-state index in [2.05, 4.69) is 0 Å². The molecule has 0 fully saturated rings. The molecular formula is C12H18N2O. The van der Waals surface area contributed by atoms with Crippen LogP contribution in [0.5, 0.6) is 0 Å². The molecule has 0 aliphatic rings. The monoisotopic (exact) mass is 206 g/mol. The van der Waals surface area contributed by atoms with Gasteiger partial charge in [-0.3, -0.25) is 4.79 Å². The average molecular weight is 206 g/mol. The number of amides is 1. The molecule has 0 aliphatic heterocycles. The number of hydrogen-bond acceptors (Lipinski definition) is 2. The van der Waals surface area contributed by atoms with Crippen molar-refractivity contribution in [3.63, 3.8) is 0 Å². The molecule has 0 saturated carbocycles. The molecule has 2 N–H and O–H groups in total. The largest absolute Gasteiger partial charge is 0.330 e. The Hall–Kier alpha value is -1.35. The Bertz CT molecular complexity index is 298. The summed E-state index contributed by atoms with van der Waals surface area (Å²) < 4.78 is 0. The standard InChI is InChI=1S/C12H18N2O/c1-2-12(15)14(10-6-9-13)11-7-4-3-5-8-11/h3-5,7-8H,2,6,9-10,13H2,1H3. The fraction of sp³-hybridized carbons (Fsp3) is 0.417. The van der Waals surface area contributed by atoms with Gasteiger partial charge in [0.1, 0.15) is 0 Å². The predicted octanol–water partition coefficient (Wildman–Crippen LogP) is 1.78. The van der Waals surface area contributed by atoms with Gasteiger partial charge in [0.15, 0.2) is 0 Å². The molecule has 1 rings (SSSR count). The van der Waals surface area contributed by atoms with Gasteiger partial charge in [0.25, 0.3) is 0 Å². The van der Waals surface area contributed by atoms with Crippen LogP contribution in [0.1, 0.15) is 19.8 Å². The lowest BCUT2D eigenvalue weighted by Crippen LogP contribution is -2.32. The Labute approximate surface area is 90.9 Å². The first-order chi connectivity index (χ1) is 7.29. The molecule has 0 aliphatic carbocycles. The summed E-state index contributed by atoms with van der Waals surface area (Å²) in [7, 11) is 0. The summed E-state index contributed by atoms with van der Waals surface area (Å²) in [5.41, 5.74) is 6.41. The number of carbonyl (C=O) groups is 1. The van der Waals surface area contributed by atoms with E-state index >= 15 is 0 Å². The molecule has 0 saturated heterocycles. The summed E-state index contributed by atoms with van der Waals surface area (Å²) in [4.78, 5) is 13.5. The van der Waals surface area contributed by atoms with E-state index in [4.69, 9.17) is 5.73 Å². The van der Waals surface area contributed by atoms with Gasteiger partial charge in [-0.05, 0) is 25.1 Å². The molecule has 1 amide bonds. The molecule has 15 heavy (non-hydrogen) atoms. The highest BCUT2D eigenvalue weighted by molar-refractivity contribution is 5.93. The second-order valence-electron chi connectivity index (χ2n) is 3.38. The molecule has 3 nitrogen and oxygen atoms in total. The molecule has 82 valence electrons. The van der Waals surface area contributed by atoms with Crippen LogP contribution in [0.4, 0.5) is 5.69 Å². The number of anilines is 1. The molecule has 0 atom stereocenters. The third-order valence-electron chi connectivity index (χ3n) is 2.26. The minimum atomic E-state index is 0.148. The van der Waals surface area contributed by atoms with Crippen LogP contribution in [0.3, 0.4) is 0 Å². The Balaban J connectivity index is 2.76. The van der Waals surface area contributed by atoms with Crippen LogP contribution in [0.2, 0.25) is 0 Å². The summed E-state index contributed by atoms with van der Waals surface area (Å²) in [6.07, 6.45) is 1.36. The highest BCUT2D eigenvalue weighted by atomic mass is 16.2. The molecule has 3 heteroatoms. The summed E-state index contributed by atoms with van der Waals surface area (Å²) in [5.74, 6) is 0.148. The second kappa shape index (κ2) is 6.19. The first-order valence-corrected chi connectivity index (χ1v) is 5.35. The van der Waals surface area contributed by atoms with E-state index < -0.39 is 0 Å². The minimum Gasteiger partial charge on any atom is -0.330 e. The maximum Gasteiger partial charge on any atom is 0.226 e. The lowest BCUT2D eigenvalue weighted by molar-refractivity contribution is -0.118. The van der Waals surface area contributed by atoms with Crippen LogP contribution >= 0.6 is 0 Å². The number of nitrogens with two attached hydrogens (primary N) is 1. The maximum absolute atomic E-state index is 11.7. The van der Waals surface area contributed by atoms with E-state index in [1.807, 2.05) is 37.3 Å². The van der Waals surface area contributed by atoms with Crippen LogP contribution < -0.4 is 10.6 Å². The normalized spacial score (nSPS) is 10.0. The van der Waals surface area contributed by atoms with Crippen molar-refractivity contribution in [2.75, 3.05) is 18.0 Å². The lowest BCUT2D eigenvalue weighted by atomic mass is 10.2. The van der Waals surface area contributed by atoms with Crippen molar-refractivity contribution in [2.45, 2.75) is 19.8 Å². The van der Waals surface area contributed by atoms with Crippen molar-refractivity contribution >= 4 is 11.6 Å². The van der Waals surface area contributed by atoms with Gasteiger partial charge in [-0.1, -0.05) is 25.1 Å². The molecule has 1 aromatic rings. The van der Waals surface area contributed by atoms with Gasteiger partial charge < -0.3 is 10.6 Å². The van der Waals surface area contributed by atoms with Crippen molar-refractivity contribution in [3.05, 3.63) is 30.3 Å². The van der Waals surface area contributed by atoms with Crippen LogP contribution in [0, 0.1) is 0 Å². The van der Waals surface area contributed by atoms with Crippen molar-refractivity contribution in [1.82, 2.24) is 0 Å². The fourth-order valence-electron chi connectivity index (χ4n) is 1.45. The molecule has 0 aromatic heterocycles. The molecule has 0 bridgehead atoms. The van der Waals surface area contributed by atoms with Crippen LogP contribution in [-0.4, -0.2) is 19.0 Å². The second-order valence-corrected chi connectivity index (χ2v) is 3.38. The third kappa shape index (κ3) is 3.36. The Morgan fingerprint density at radius 3 is 2.53 bits per heavy atom. The Kier molecular flexibility index (Phi) is 4.84. The zero-order chi connectivity index (χ0) is 11.1. The number of carbonyl (C=O) groups excluding carboxylic acids is 1. The summed E-state index contributed by atoms with van der Waals surface area (Å²) in [5, 5.41) is 0. The SMILES string of the molecule is CCC(=O)N(CCCN)c1ccccc1. The molecule has 0 spiro atoms. The fourth-order valence-corrected chi connectivity index (χ4v) is 1.45. The van der Waals surface area contributed by atoms with E-state index in [-0.39, 0.29) is 5.91 Å². The lowest BCUT2D eigenvalue weighted by Gasteiger charge is -2.21. The molecule has 0 heterocycles. The van der Waals surface area contributed by atoms with Gasteiger partial charge >= 0.3 is 0 Å². The number of rotatable bonds is 5. The van der Waals surface area contributed by atoms with Crippen LogP contribution in [-0.2, 0) is 4.79 Å².